The number of benzene rings is 1. The highest BCUT2D eigenvalue weighted by Crippen LogP contribution is 2.36. The average Bonchev–Trinajstić information content (AvgIpc) is 2.42. The molecule has 1 nitrogen and oxygen atoms in total. The molecular weight excluding hydrogens is 286 g/mol. The number of hydrogen-bond donors (Lipinski definition) is 1. The zero-order valence-corrected chi connectivity index (χ0v) is 12.9. The predicted octanol–water partition coefficient (Wildman–Crippen LogP) is 4.72. The Labute approximate surface area is 119 Å². The quantitative estimate of drug-likeness (QED) is 0.829. The molecule has 1 aromatic carbocycles. The molecule has 0 bridgehead atoms. The molecule has 0 aromatic heterocycles. The van der Waals surface area contributed by atoms with Gasteiger partial charge in [0.2, 0.25) is 0 Å². The predicted molar refractivity (Wildman–Crippen MR) is 82.0 cm³/mol. The van der Waals surface area contributed by atoms with Gasteiger partial charge in [0.15, 0.2) is 0 Å². The normalized spacial score (nSPS) is 18.8. The van der Waals surface area contributed by atoms with Gasteiger partial charge in [-0.2, -0.15) is 0 Å². The van der Waals surface area contributed by atoms with Crippen LogP contribution in [0.15, 0.2) is 28.7 Å². The first kappa shape index (κ1) is 14.1. The van der Waals surface area contributed by atoms with Crippen molar-refractivity contribution >= 4 is 15.9 Å². The van der Waals surface area contributed by atoms with Crippen LogP contribution in [-0.2, 0) is 0 Å². The van der Waals surface area contributed by atoms with E-state index in [4.69, 9.17) is 0 Å². The molecule has 1 saturated carbocycles. The third-order valence-electron chi connectivity index (χ3n) is 4.13. The van der Waals surface area contributed by atoms with Crippen LogP contribution in [0.4, 0.5) is 0 Å². The Hall–Kier alpha value is -0.340. The van der Waals surface area contributed by atoms with Crippen molar-refractivity contribution in [3.05, 3.63) is 34.3 Å². The SMILES string of the molecule is CCNCC(c1ccc(Br)cc1)C1CCCCC1. The summed E-state index contributed by atoms with van der Waals surface area (Å²) in [6.07, 6.45) is 7.09. The molecule has 2 rings (SSSR count). The highest BCUT2D eigenvalue weighted by atomic mass is 79.9. The fourth-order valence-corrected chi connectivity index (χ4v) is 3.37. The van der Waals surface area contributed by atoms with Crippen molar-refractivity contribution in [1.29, 1.82) is 0 Å². The van der Waals surface area contributed by atoms with Gasteiger partial charge < -0.3 is 5.32 Å². The van der Waals surface area contributed by atoms with Crippen LogP contribution in [0, 0.1) is 5.92 Å². The number of nitrogens with one attached hydrogen (secondary N) is 1. The van der Waals surface area contributed by atoms with Gasteiger partial charge >= 0.3 is 0 Å². The number of rotatable bonds is 5. The van der Waals surface area contributed by atoms with E-state index in [1.807, 2.05) is 0 Å². The maximum Gasteiger partial charge on any atom is 0.0175 e. The van der Waals surface area contributed by atoms with Crippen LogP contribution in [0.3, 0.4) is 0 Å². The zero-order chi connectivity index (χ0) is 12.8. The standard InChI is InChI=1S/C16H24BrN/c1-2-18-12-16(13-6-4-3-5-7-13)14-8-10-15(17)11-9-14/h8-11,13,16,18H,2-7,12H2,1H3. The van der Waals surface area contributed by atoms with Crippen LogP contribution in [0.5, 0.6) is 0 Å². The number of likely N-dealkylation sites (N-methyl/N-ethyl adjacent to an activating group) is 1. The Morgan fingerprint density at radius 3 is 2.44 bits per heavy atom. The lowest BCUT2D eigenvalue weighted by atomic mass is 9.77. The van der Waals surface area contributed by atoms with E-state index in [0.717, 1.165) is 19.0 Å². The molecule has 18 heavy (non-hydrogen) atoms. The van der Waals surface area contributed by atoms with Crippen molar-refractivity contribution < 1.29 is 0 Å². The van der Waals surface area contributed by atoms with Crippen LogP contribution in [0.1, 0.15) is 50.5 Å². The van der Waals surface area contributed by atoms with Crippen LogP contribution in [0.2, 0.25) is 0 Å². The van der Waals surface area contributed by atoms with Gasteiger partial charge in [0, 0.05) is 11.0 Å². The van der Waals surface area contributed by atoms with E-state index in [0.29, 0.717) is 5.92 Å². The minimum atomic E-state index is 0.693. The Kier molecular flexibility index (Phi) is 5.71. The van der Waals surface area contributed by atoms with E-state index in [1.54, 1.807) is 0 Å². The molecule has 2 heteroatoms. The lowest BCUT2D eigenvalue weighted by molar-refractivity contribution is 0.298. The highest BCUT2D eigenvalue weighted by Gasteiger charge is 2.24. The minimum Gasteiger partial charge on any atom is -0.316 e. The monoisotopic (exact) mass is 309 g/mol. The summed E-state index contributed by atoms with van der Waals surface area (Å²) in [5.74, 6) is 1.57. The zero-order valence-electron chi connectivity index (χ0n) is 11.3. The summed E-state index contributed by atoms with van der Waals surface area (Å²) in [6, 6.07) is 8.94. The highest BCUT2D eigenvalue weighted by molar-refractivity contribution is 9.10. The van der Waals surface area contributed by atoms with Crippen LogP contribution in [0.25, 0.3) is 0 Å². The molecule has 0 aliphatic heterocycles. The van der Waals surface area contributed by atoms with E-state index in [2.05, 4.69) is 52.4 Å². The molecule has 100 valence electrons. The lowest BCUT2D eigenvalue weighted by Gasteiger charge is -2.31. The van der Waals surface area contributed by atoms with Gasteiger partial charge in [-0.05, 0) is 48.9 Å². The largest absolute Gasteiger partial charge is 0.316 e. The summed E-state index contributed by atoms with van der Waals surface area (Å²) in [7, 11) is 0. The second-order valence-corrected chi connectivity index (χ2v) is 6.28. The van der Waals surface area contributed by atoms with E-state index in [-0.39, 0.29) is 0 Å². The molecule has 1 fully saturated rings. The Morgan fingerprint density at radius 1 is 1.17 bits per heavy atom. The van der Waals surface area contributed by atoms with Crippen molar-refractivity contribution in [2.75, 3.05) is 13.1 Å². The fraction of sp³-hybridized carbons (Fsp3) is 0.625. The van der Waals surface area contributed by atoms with E-state index < -0.39 is 0 Å². The van der Waals surface area contributed by atoms with E-state index in [9.17, 15) is 0 Å². The Balaban J connectivity index is 2.10. The van der Waals surface area contributed by atoms with Gasteiger partial charge in [-0.1, -0.05) is 54.2 Å². The maximum atomic E-state index is 3.55. The minimum absolute atomic E-state index is 0.693. The molecule has 1 unspecified atom stereocenters. The molecule has 1 aromatic rings. The molecule has 0 saturated heterocycles. The molecule has 1 aliphatic rings. The van der Waals surface area contributed by atoms with Crippen molar-refractivity contribution in [3.8, 4) is 0 Å². The summed E-state index contributed by atoms with van der Waals surface area (Å²) in [5, 5.41) is 3.55. The summed E-state index contributed by atoms with van der Waals surface area (Å²) in [5.41, 5.74) is 1.51. The fourth-order valence-electron chi connectivity index (χ4n) is 3.10. The summed E-state index contributed by atoms with van der Waals surface area (Å²) >= 11 is 3.53. The van der Waals surface area contributed by atoms with Crippen molar-refractivity contribution in [1.82, 2.24) is 5.32 Å². The smallest absolute Gasteiger partial charge is 0.0175 e. The summed E-state index contributed by atoms with van der Waals surface area (Å²) in [4.78, 5) is 0. The molecule has 0 radical (unpaired) electrons. The second-order valence-electron chi connectivity index (χ2n) is 5.36. The maximum absolute atomic E-state index is 3.55. The first-order valence-electron chi connectivity index (χ1n) is 7.27. The average molecular weight is 310 g/mol. The van der Waals surface area contributed by atoms with Crippen molar-refractivity contribution in [3.63, 3.8) is 0 Å². The molecular formula is C16H24BrN. The number of hydrogen-bond acceptors (Lipinski definition) is 1. The summed E-state index contributed by atoms with van der Waals surface area (Å²) < 4.78 is 1.18. The van der Waals surface area contributed by atoms with E-state index >= 15 is 0 Å². The van der Waals surface area contributed by atoms with Crippen LogP contribution < -0.4 is 5.32 Å². The first-order chi connectivity index (χ1) is 8.81. The van der Waals surface area contributed by atoms with Gasteiger partial charge in [0.1, 0.15) is 0 Å². The molecule has 1 aliphatic carbocycles. The van der Waals surface area contributed by atoms with Crippen LogP contribution >= 0.6 is 15.9 Å². The molecule has 0 heterocycles. The van der Waals surface area contributed by atoms with Gasteiger partial charge in [-0.15, -0.1) is 0 Å². The topological polar surface area (TPSA) is 12.0 Å². The lowest BCUT2D eigenvalue weighted by Crippen LogP contribution is -2.27. The first-order valence-corrected chi connectivity index (χ1v) is 8.06. The third kappa shape index (κ3) is 3.83. The second kappa shape index (κ2) is 7.30. The summed E-state index contributed by atoms with van der Waals surface area (Å²) in [6.45, 7) is 4.39. The van der Waals surface area contributed by atoms with Crippen molar-refractivity contribution in [2.24, 2.45) is 5.92 Å². The van der Waals surface area contributed by atoms with Crippen LogP contribution in [-0.4, -0.2) is 13.1 Å². The molecule has 0 spiro atoms. The molecule has 1 N–H and O–H groups in total. The van der Waals surface area contributed by atoms with Gasteiger partial charge in [0.25, 0.3) is 0 Å². The third-order valence-corrected chi connectivity index (χ3v) is 4.66. The van der Waals surface area contributed by atoms with Gasteiger partial charge in [0.05, 0.1) is 0 Å². The molecule has 1 atom stereocenters. The van der Waals surface area contributed by atoms with Gasteiger partial charge in [-0.3, -0.25) is 0 Å². The Morgan fingerprint density at radius 2 is 1.83 bits per heavy atom. The molecule has 0 amide bonds. The van der Waals surface area contributed by atoms with Crippen molar-refractivity contribution in [2.45, 2.75) is 44.9 Å². The van der Waals surface area contributed by atoms with Gasteiger partial charge in [-0.25, -0.2) is 0 Å². The van der Waals surface area contributed by atoms with E-state index in [1.165, 1.54) is 42.1 Å². The number of halogens is 1. The Bertz CT molecular complexity index is 341.